The van der Waals surface area contributed by atoms with Gasteiger partial charge in [0.2, 0.25) is 0 Å². The lowest BCUT2D eigenvalue weighted by molar-refractivity contribution is -0.139. The van der Waals surface area contributed by atoms with Crippen molar-refractivity contribution in [3.8, 4) is 0 Å². The van der Waals surface area contributed by atoms with Gasteiger partial charge in [-0.05, 0) is 42.5 Å². The van der Waals surface area contributed by atoms with Gasteiger partial charge in [0.05, 0.1) is 7.11 Å². The van der Waals surface area contributed by atoms with Crippen LogP contribution in [-0.2, 0) is 9.53 Å². The van der Waals surface area contributed by atoms with Crippen LogP contribution in [0.15, 0.2) is 42.5 Å². The lowest BCUT2D eigenvalue weighted by Crippen LogP contribution is -2.30. The van der Waals surface area contributed by atoms with Crippen LogP contribution in [0.4, 0.5) is 14.5 Å². The van der Waals surface area contributed by atoms with E-state index in [1.54, 1.807) is 0 Å². The molecule has 0 saturated heterocycles. The van der Waals surface area contributed by atoms with E-state index in [1.165, 1.54) is 31.4 Å². The summed E-state index contributed by atoms with van der Waals surface area (Å²) in [6, 6.07) is 8.61. The minimum absolute atomic E-state index is 0.0428. The number of methoxy groups -OCH3 is 1. The highest BCUT2D eigenvalue weighted by Crippen LogP contribution is 2.13. The Balaban J connectivity index is 1.99. The summed E-state index contributed by atoms with van der Waals surface area (Å²) < 4.78 is 30.4. The Morgan fingerprint density at radius 1 is 0.920 bits per heavy atom. The highest BCUT2D eigenvalue weighted by molar-refractivity contribution is 6.04. The SMILES string of the molecule is COC(=O)CNC(=O)c1ccc(NC(=O)c2ccc(F)c(F)c2)cc1. The second-order valence-electron chi connectivity index (χ2n) is 4.92. The van der Waals surface area contributed by atoms with Gasteiger partial charge in [0.15, 0.2) is 11.6 Å². The highest BCUT2D eigenvalue weighted by atomic mass is 19.2. The summed E-state index contributed by atoms with van der Waals surface area (Å²) in [6.45, 7) is -0.260. The largest absolute Gasteiger partial charge is 0.468 e. The maximum absolute atomic E-state index is 13.1. The highest BCUT2D eigenvalue weighted by Gasteiger charge is 2.11. The molecule has 0 aliphatic rings. The van der Waals surface area contributed by atoms with Crippen LogP contribution in [0.25, 0.3) is 0 Å². The van der Waals surface area contributed by atoms with Crippen molar-refractivity contribution in [2.45, 2.75) is 0 Å². The Hall–Kier alpha value is -3.29. The normalized spacial score (nSPS) is 10.0. The number of anilines is 1. The number of rotatable bonds is 5. The van der Waals surface area contributed by atoms with E-state index in [0.29, 0.717) is 5.69 Å². The second-order valence-corrected chi connectivity index (χ2v) is 4.92. The Bertz CT molecular complexity index is 807. The molecule has 0 bridgehead atoms. The second kappa shape index (κ2) is 8.00. The molecule has 0 spiro atoms. The van der Waals surface area contributed by atoms with Crippen molar-refractivity contribution in [2.24, 2.45) is 0 Å². The van der Waals surface area contributed by atoms with Gasteiger partial charge in [0.1, 0.15) is 6.54 Å². The minimum Gasteiger partial charge on any atom is -0.468 e. The molecule has 0 unspecified atom stereocenters. The van der Waals surface area contributed by atoms with Crippen molar-refractivity contribution in [2.75, 3.05) is 19.0 Å². The van der Waals surface area contributed by atoms with Gasteiger partial charge in [-0.2, -0.15) is 0 Å². The van der Waals surface area contributed by atoms with E-state index in [-0.39, 0.29) is 17.7 Å². The predicted molar refractivity (Wildman–Crippen MR) is 85.1 cm³/mol. The average molecular weight is 348 g/mol. The Labute approximate surface area is 141 Å². The van der Waals surface area contributed by atoms with Gasteiger partial charge in [-0.25, -0.2) is 8.78 Å². The smallest absolute Gasteiger partial charge is 0.325 e. The first-order valence-corrected chi connectivity index (χ1v) is 7.12. The van der Waals surface area contributed by atoms with Crippen LogP contribution in [0.5, 0.6) is 0 Å². The maximum atomic E-state index is 13.1. The van der Waals surface area contributed by atoms with Crippen LogP contribution in [0.1, 0.15) is 20.7 Å². The van der Waals surface area contributed by atoms with E-state index in [9.17, 15) is 23.2 Å². The van der Waals surface area contributed by atoms with Crippen molar-refractivity contribution < 1.29 is 27.9 Å². The molecule has 6 nitrogen and oxygen atoms in total. The van der Waals surface area contributed by atoms with Crippen LogP contribution in [0.2, 0.25) is 0 Å². The van der Waals surface area contributed by atoms with Crippen molar-refractivity contribution in [3.63, 3.8) is 0 Å². The Morgan fingerprint density at radius 3 is 2.16 bits per heavy atom. The van der Waals surface area contributed by atoms with Crippen LogP contribution in [-0.4, -0.2) is 31.4 Å². The molecule has 2 N–H and O–H groups in total. The molecule has 0 atom stereocenters. The predicted octanol–water partition coefficient (Wildman–Crippen LogP) is 2.12. The molecular weight excluding hydrogens is 334 g/mol. The molecule has 0 heterocycles. The van der Waals surface area contributed by atoms with Crippen molar-refractivity contribution in [1.82, 2.24) is 5.32 Å². The van der Waals surface area contributed by atoms with Gasteiger partial charge in [-0.1, -0.05) is 0 Å². The summed E-state index contributed by atoms with van der Waals surface area (Å²) in [7, 11) is 1.21. The molecular formula is C17H14F2N2O4. The summed E-state index contributed by atoms with van der Waals surface area (Å²) >= 11 is 0. The number of carbonyl (C=O) groups is 3. The number of ether oxygens (including phenoxy) is 1. The van der Waals surface area contributed by atoms with Crippen molar-refractivity contribution in [3.05, 3.63) is 65.2 Å². The van der Waals surface area contributed by atoms with Gasteiger partial charge < -0.3 is 15.4 Å². The minimum atomic E-state index is -1.12. The molecule has 0 saturated carbocycles. The molecule has 130 valence electrons. The molecule has 25 heavy (non-hydrogen) atoms. The third-order valence-corrected chi connectivity index (χ3v) is 3.21. The van der Waals surface area contributed by atoms with Gasteiger partial charge in [-0.15, -0.1) is 0 Å². The van der Waals surface area contributed by atoms with Crippen LogP contribution >= 0.6 is 0 Å². The first-order chi connectivity index (χ1) is 11.9. The number of hydrogen-bond acceptors (Lipinski definition) is 4. The zero-order valence-corrected chi connectivity index (χ0v) is 13.1. The van der Waals surface area contributed by atoms with E-state index in [2.05, 4.69) is 15.4 Å². The molecule has 2 rings (SSSR count). The monoisotopic (exact) mass is 348 g/mol. The van der Waals surface area contributed by atoms with Crippen LogP contribution < -0.4 is 10.6 Å². The van der Waals surface area contributed by atoms with E-state index < -0.39 is 29.4 Å². The lowest BCUT2D eigenvalue weighted by atomic mass is 10.1. The molecule has 0 aliphatic carbocycles. The molecule has 0 aromatic heterocycles. The molecule has 2 aromatic rings. The summed E-state index contributed by atoms with van der Waals surface area (Å²) in [4.78, 5) is 34.8. The third kappa shape index (κ3) is 4.84. The first kappa shape index (κ1) is 18.1. The number of benzene rings is 2. The molecule has 0 fully saturated rings. The maximum Gasteiger partial charge on any atom is 0.325 e. The fraction of sp³-hybridized carbons (Fsp3) is 0.118. The molecule has 0 aliphatic heterocycles. The quantitative estimate of drug-likeness (QED) is 0.811. The van der Waals surface area contributed by atoms with Crippen LogP contribution in [0.3, 0.4) is 0 Å². The summed E-state index contributed by atoms with van der Waals surface area (Å²) in [5, 5.41) is 4.87. The van der Waals surface area contributed by atoms with Gasteiger partial charge in [0.25, 0.3) is 11.8 Å². The topological polar surface area (TPSA) is 84.5 Å². The van der Waals surface area contributed by atoms with Gasteiger partial charge in [0, 0.05) is 16.8 Å². The van der Waals surface area contributed by atoms with E-state index in [1.807, 2.05) is 0 Å². The van der Waals surface area contributed by atoms with E-state index in [4.69, 9.17) is 0 Å². The Kier molecular flexibility index (Phi) is 5.78. The number of amides is 2. The molecule has 8 heteroatoms. The van der Waals surface area contributed by atoms with Crippen molar-refractivity contribution in [1.29, 1.82) is 0 Å². The lowest BCUT2D eigenvalue weighted by Gasteiger charge is -2.07. The summed E-state index contributed by atoms with van der Waals surface area (Å²) in [5.74, 6) is -3.85. The number of esters is 1. The average Bonchev–Trinajstić information content (AvgIpc) is 2.62. The van der Waals surface area contributed by atoms with Gasteiger partial charge >= 0.3 is 5.97 Å². The molecule has 2 amide bonds. The number of halogens is 2. The molecule has 2 aromatic carbocycles. The number of carbonyl (C=O) groups excluding carboxylic acids is 3. The fourth-order valence-corrected chi connectivity index (χ4v) is 1.87. The number of nitrogens with one attached hydrogen (secondary N) is 2. The van der Waals surface area contributed by atoms with Crippen molar-refractivity contribution >= 4 is 23.5 Å². The van der Waals surface area contributed by atoms with E-state index >= 15 is 0 Å². The zero-order chi connectivity index (χ0) is 18.4. The first-order valence-electron chi connectivity index (χ1n) is 7.12. The molecule has 0 radical (unpaired) electrons. The van der Waals surface area contributed by atoms with Gasteiger partial charge in [-0.3, -0.25) is 14.4 Å². The summed E-state index contributed by atoms with van der Waals surface area (Å²) in [6.07, 6.45) is 0. The third-order valence-electron chi connectivity index (χ3n) is 3.21. The zero-order valence-electron chi connectivity index (χ0n) is 13.1. The van der Waals surface area contributed by atoms with E-state index in [0.717, 1.165) is 18.2 Å². The number of hydrogen-bond donors (Lipinski definition) is 2. The standard InChI is InChI=1S/C17H14F2N2O4/c1-25-15(22)9-20-16(23)10-2-5-12(6-3-10)21-17(24)11-4-7-13(18)14(19)8-11/h2-8H,9H2,1H3,(H,20,23)(H,21,24). The fourth-order valence-electron chi connectivity index (χ4n) is 1.87. The van der Waals surface area contributed by atoms with Crippen LogP contribution in [0, 0.1) is 11.6 Å². The summed E-state index contributed by atoms with van der Waals surface area (Å²) in [5.41, 5.74) is 0.591. The Morgan fingerprint density at radius 2 is 1.56 bits per heavy atom.